The third-order valence-electron chi connectivity index (χ3n) is 2.49. The third-order valence-corrected chi connectivity index (χ3v) is 2.49. The maximum atomic E-state index is 5.28. The first kappa shape index (κ1) is 9.90. The Labute approximate surface area is 90.1 Å². The van der Waals surface area contributed by atoms with Crippen LogP contribution in [0.2, 0.25) is 0 Å². The Kier molecular flexibility index (Phi) is 3.12. The van der Waals surface area contributed by atoms with E-state index in [-0.39, 0.29) is 0 Å². The van der Waals surface area contributed by atoms with Crippen molar-refractivity contribution in [2.45, 2.75) is 12.5 Å². The lowest BCUT2D eigenvalue weighted by Crippen LogP contribution is -2.27. The van der Waals surface area contributed by atoms with E-state index in [1.165, 1.54) is 0 Å². The van der Waals surface area contributed by atoms with Crippen molar-refractivity contribution >= 4 is 5.69 Å². The zero-order valence-electron chi connectivity index (χ0n) is 8.86. The second kappa shape index (κ2) is 4.73. The highest BCUT2D eigenvalue weighted by Crippen LogP contribution is 2.24. The molecule has 2 rings (SSSR count). The van der Waals surface area contributed by atoms with Crippen molar-refractivity contribution in [2.24, 2.45) is 0 Å². The molecule has 0 saturated heterocycles. The molecule has 0 aliphatic carbocycles. The van der Waals surface area contributed by atoms with Crippen LogP contribution in [-0.2, 0) is 0 Å². The highest BCUT2D eigenvalue weighted by atomic mass is 16.5. The van der Waals surface area contributed by atoms with Gasteiger partial charge in [-0.15, -0.1) is 0 Å². The van der Waals surface area contributed by atoms with E-state index in [0.717, 1.165) is 24.4 Å². The van der Waals surface area contributed by atoms with Crippen molar-refractivity contribution in [3.8, 4) is 5.75 Å². The molecule has 3 nitrogen and oxygen atoms in total. The Morgan fingerprint density at radius 3 is 3.00 bits per heavy atom. The number of anilines is 1. The van der Waals surface area contributed by atoms with Crippen LogP contribution in [0.4, 0.5) is 5.69 Å². The van der Waals surface area contributed by atoms with Crippen LogP contribution in [0.15, 0.2) is 36.5 Å². The number of rotatable bonds is 3. The highest BCUT2D eigenvalue weighted by Gasteiger charge is 2.09. The smallest absolute Gasteiger partial charge is 0.141 e. The van der Waals surface area contributed by atoms with E-state index in [9.17, 15) is 0 Å². The standard InChI is InChI=1S/C12H16N2O/c1-15-12-5-3-2-4-11(12)14-10-6-8-13-9-7-10/h2-6,8,10,13-14H,7,9H2,1H3. The van der Waals surface area contributed by atoms with Gasteiger partial charge >= 0.3 is 0 Å². The van der Waals surface area contributed by atoms with Gasteiger partial charge in [0.1, 0.15) is 5.75 Å². The van der Waals surface area contributed by atoms with Gasteiger partial charge in [0.25, 0.3) is 0 Å². The van der Waals surface area contributed by atoms with Crippen LogP contribution in [0, 0.1) is 0 Å². The summed E-state index contributed by atoms with van der Waals surface area (Å²) in [5.41, 5.74) is 1.05. The molecule has 1 aliphatic rings. The maximum Gasteiger partial charge on any atom is 0.141 e. The predicted molar refractivity (Wildman–Crippen MR) is 62.2 cm³/mol. The quantitative estimate of drug-likeness (QED) is 0.790. The monoisotopic (exact) mass is 204 g/mol. The topological polar surface area (TPSA) is 33.3 Å². The molecule has 15 heavy (non-hydrogen) atoms. The molecule has 80 valence electrons. The van der Waals surface area contributed by atoms with Crippen LogP contribution in [0.3, 0.4) is 0 Å². The van der Waals surface area contributed by atoms with Gasteiger partial charge in [-0.25, -0.2) is 0 Å². The summed E-state index contributed by atoms with van der Waals surface area (Å²) in [6, 6.07) is 8.38. The van der Waals surface area contributed by atoms with E-state index in [0.29, 0.717) is 6.04 Å². The highest BCUT2D eigenvalue weighted by molar-refractivity contribution is 5.57. The van der Waals surface area contributed by atoms with Crippen LogP contribution in [0.25, 0.3) is 0 Å². The van der Waals surface area contributed by atoms with Gasteiger partial charge < -0.3 is 15.4 Å². The third kappa shape index (κ3) is 2.43. The number of hydrogen-bond acceptors (Lipinski definition) is 3. The average Bonchev–Trinajstić information content (AvgIpc) is 2.31. The molecule has 1 atom stereocenters. The van der Waals surface area contributed by atoms with Crippen LogP contribution >= 0.6 is 0 Å². The first-order valence-corrected chi connectivity index (χ1v) is 5.20. The summed E-state index contributed by atoms with van der Waals surface area (Å²) < 4.78 is 5.28. The normalized spacial score (nSPS) is 19.4. The zero-order chi connectivity index (χ0) is 10.5. The summed E-state index contributed by atoms with van der Waals surface area (Å²) in [6.45, 7) is 1.02. The number of methoxy groups -OCH3 is 1. The lowest BCUT2D eigenvalue weighted by molar-refractivity contribution is 0.416. The largest absolute Gasteiger partial charge is 0.495 e. The number of benzene rings is 1. The molecule has 0 aromatic heterocycles. The number of ether oxygens (including phenoxy) is 1. The second-order valence-electron chi connectivity index (χ2n) is 3.55. The van der Waals surface area contributed by atoms with E-state index >= 15 is 0 Å². The summed E-state index contributed by atoms with van der Waals surface area (Å²) in [6.07, 6.45) is 5.22. The molecule has 0 amide bonds. The minimum atomic E-state index is 0.391. The van der Waals surface area contributed by atoms with E-state index < -0.39 is 0 Å². The summed E-state index contributed by atoms with van der Waals surface area (Å²) in [5.74, 6) is 0.893. The van der Waals surface area contributed by atoms with Crippen molar-refractivity contribution in [3.63, 3.8) is 0 Å². The van der Waals surface area contributed by atoms with Gasteiger partial charge in [0, 0.05) is 12.6 Å². The second-order valence-corrected chi connectivity index (χ2v) is 3.55. The average molecular weight is 204 g/mol. The summed E-state index contributed by atoms with van der Waals surface area (Å²) in [4.78, 5) is 0. The molecular weight excluding hydrogens is 188 g/mol. The van der Waals surface area contributed by atoms with Crippen molar-refractivity contribution < 1.29 is 4.74 Å². The van der Waals surface area contributed by atoms with Gasteiger partial charge in [-0.3, -0.25) is 0 Å². The van der Waals surface area contributed by atoms with Gasteiger partial charge in [0.15, 0.2) is 0 Å². The predicted octanol–water partition coefficient (Wildman–Crippen LogP) is 1.98. The number of nitrogens with one attached hydrogen (secondary N) is 2. The fourth-order valence-corrected chi connectivity index (χ4v) is 1.69. The molecule has 1 aromatic rings. The van der Waals surface area contributed by atoms with Crippen LogP contribution in [0.1, 0.15) is 6.42 Å². The molecular formula is C12H16N2O. The Morgan fingerprint density at radius 2 is 2.27 bits per heavy atom. The van der Waals surface area contributed by atoms with E-state index in [4.69, 9.17) is 4.74 Å². The van der Waals surface area contributed by atoms with Crippen molar-refractivity contribution in [2.75, 3.05) is 19.0 Å². The summed E-state index contributed by atoms with van der Waals surface area (Å²) in [5, 5.41) is 6.63. The summed E-state index contributed by atoms with van der Waals surface area (Å²) >= 11 is 0. The van der Waals surface area contributed by atoms with E-state index in [1.807, 2.05) is 30.5 Å². The lowest BCUT2D eigenvalue weighted by atomic mass is 10.1. The van der Waals surface area contributed by atoms with Crippen molar-refractivity contribution in [3.05, 3.63) is 36.5 Å². The van der Waals surface area contributed by atoms with Crippen LogP contribution in [-0.4, -0.2) is 19.7 Å². The molecule has 1 unspecified atom stereocenters. The molecule has 0 spiro atoms. The zero-order valence-corrected chi connectivity index (χ0v) is 8.86. The molecule has 2 N–H and O–H groups in total. The van der Waals surface area contributed by atoms with Gasteiger partial charge in [0.2, 0.25) is 0 Å². The first-order valence-electron chi connectivity index (χ1n) is 5.20. The fraction of sp³-hybridized carbons (Fsp3) is 0.333. The molecule has 0 bridgehead atoms. The van der Waals surface area contributed by atoms with Crippen LogP contribution in [0.5, 0.6) is 5.75 Å². The van der Waals surface area contributed by atoms with E-state index in [2.05, 4.69) is 16.7 Å². The number of hydrogen-bond donors (Lipinski definition) is 2. The van der Waals surface area contributed by atoms with Gasteiger partial charge in [-0.2, -0.15) is 0 Å². The number of para-hydroxylation sites is 2. The molecule has 0 saturated carbocycles. The Bertz CT molecular complexity index is 349. The molecule has 0 fully saturated rings. The maximum absolute atomic E-state index is 5.28. The Hall–Kier alpha value is -1.64. The Balaban J connectivity index is 2.09. The molecule has 1 aliphatic heterocycles. The minimum absolute atomic E-state index is 0.391. The molecule has 1 heterocycles. The van der Waals surface area contributed by atoms with E-state index in [1.54, 1.807) is 7.11 Å². The van der Waals surface area contributed by atoms with Gasteiger partial charge in [-0.05, 0) is 30.8 Å². The summed E-state index contributed by atoms with van der Waals surface area (Å²) in [7, 11) is 1.69. The van der Waals surface area contributed by atoms with Crippen molar-refractivity contribution in [1.82, 2.24) is 5.32 Å². The van der Waals surface area contributed by atoms with Gasteiger partial charge in [0.05, 0.1) is 12.8 Å². The van der Waals surface area contributed by atoms with Gasteiger partial charge in [-0.1, -0.05) is 12.1 Å². The fourth-order valence-electron chi connectivity index (χ4n) is 1.69. The Morgan fingerprint density at radius 1 is 1.40 bits per heavy atom. The first-order chi connectivity index (χ1) is 7.40. The molecule has 0 radical (unpaired) electrons. The molecule has 1 aromatic carbocycles. The molecule has 3 heteroatoms. The van der Waals surface area contributed by atoms with Crippen LogP contribution < -0.4 is 15.4 Å². The lowest BCUT2D eigenvalue weighted by Gasteiger charge is -2.21. The SMILES string of the molecule is COc1ccccc1NC1C=CNCC1. The minimum Gasteiger partial charge on any atom is -0.495 e. The van der Waals surface area contributed by atoms with Crippen molar-refractivity contribution in [1.29, 1.82) is 0 Å².